The van der Waals surface area contributed by atoms with Gasteiger partial charge in [-0.05, 0) is 24.7 Å². The van der Waals surface area contributed by atoms with Crippen LogP contribution in [0, 0.1) is 17.8 Å². The van der Waals surface area contributed by atoms with Gasteiger partial charge in [-0.3, -0.25) is 19.2 Å². The Balaban J connectivity index is 5.35. The highest BCUT2D eigenvalue weighted by molar-refractivity contribution is 5.94. The monoisotopic (exact) mass is 400 g/mol. The molecule has 0 heterocycles. The van der Waals surface area contributed by atoms with Crippen molar-refractivity contribution in [2.24, 2.45) is 23.5 Å². The first kappa shape index (κ1) is 25.8. The summed E-state index contributed by atoms with van der Waals surface area (Å²) in [7, 11) is 0. The van der Waals surface area contributed by atoms with Gasteiger partial charge in [0.2, 0.25) is 17.7 Å². The van der Waals surface area contributed by atoms with Crippen molar-refractivity contribution in [3.05, 3.63) is 0 Å². The van der Waals surface area contributed by atoms with E-state index in [4.69, 9.17) is 10.8 Å². The van der Waals surface area contributed by atoms with Gasteiger partial charge in [0.15, 0.2) is 0 Å². The lowest BCUT2D eigenvalue weighted by Gasteiger charge is -2.29. The highest BCUT2D eigenvalue weighted by Gasteiger charge is 2.33. The molecular weight excluding hydrogens is 364 g/mol. The largest absolute Gasteiger partial charge is 0.480 e. The van der Waals surface area contributed by atoms with Crippen LogP contribution < -0.4 is 21.7 Å². The smallest absolute Gasteiger partial charge is 0.325 e. The molecule has 0 spiro atoms. The number of hydrogen-bond donors (Lipinski definition) is 5. The van der Waals surface area contributed by atoms with Crippen LogP contribution in [0.15, 0.2) is 0 Å². The fraction of sp³-hybridized carbons (Fsp3) is 0.789. The van der Waals surface area contributed by atoms with Gasteiger partial charge in [0.25, 0.3) is 0 Å². The summed E-state index contributed by atoms with van der Waals surface area (Å²) in [6, 6.07) is -3.62. The number of nitrogens with one attached hydrogen (secondary N) is 3. The summed E-state index contributed by atoms with van der Waals surface area (Å²) in [6.45, 7) is 12.2. The highest BCUT2D eigenvalue weighted by Crippen LogP contribution is 2.11. The lowest BCUT2D eigenvalue weighted by Crippen LogP contribution is -2.59. The van der Waals surface area contributed by atoms with E-state index in [1.165, 1.54) is 6.92 Å². The van der Waals surface area contributed by atoms with Gasteiger partial charge in [-0.25, -0.2) is 0 Å². The van der Waals surface area contributed by atoms with Crippen LogP contribution in [0.4, 0.5) is 0 Å². The molecule has 0 aromatic carbocycles. The van der Waals surface area contributed by atoms with Gasteiger partial charge in [-0.1, -0.05) is 48.0 Å². The van der Waals surface area contributed by atoms with Crippen molar-refractivity contribution in [1.82, 2.24) is 16.0 Å². The molecule has 3 amide bonds. The van der Waals surface area contributed by atoms with Gasteiger partial charge >= 0.3 is 5.97 Å². The molecule has 0 aromatic heterocycles. The first-order valence-electron chi connectivity index (χ1n) is 9.72. The van der Waals surface area contributed by atoms with Crippen LogP contribution in [0.1, 0.15) is 54.9 Å². The van der Waals surface area contributed by atoms with Crippen LogP contribution in [-0.2, 0) is 19.2 Å². The van der Waals surface area contributed by atoms with E-state index in [1.807, 2.05) is 20.8 Å². The van der Waals surface area contributed by atoms with E-state index in [0.717, 1.165) is 0 Å². The minimum Gasteiger partial charge on any atom is -0.480 e. The lowest BCUT2D eigenvalue weighted by molar-refractivity contribution is -0.142. The number of hydrogen-bond acceptors (Lipinski definition) is 5. The van der Waals surface area contributed by atoms with Gasteiger partial charge in [-0.2, -0.15) is 0 Å². The molecule has 5 atom stereocenters. The summed E-state index contributed by atoms with van der Waals surface area (Å²) in [5.41, 5.74) is 5.85. The zero-order valence-electron chi connectivity index (χ0n) is 17.9. The predicted molar refractivity (Wildman–Crippen MR) is 106 cm³/mol. The molecule has 5 unspecified atom stereocenters. The van der Waals surface area contributed by atoms with E-state index in [2.05, 4.69) is 16.0 Å². The van der Waals surface area contributed by atoms with Crippen LogP contribution in [0.5, 0.6) is 0 Å². The van der Waals surface area contributed by atoms with Crippen LogP contribution in [0.2, 0.25) is 0 Å². The Morgan fingerprint density at radius 1 is 0.786 bits per heavy atom. The van der Waals surface area contributed by atoms with Crippen molar-refractivity contribution in [1.29, 1.82) is 0 Å². The summed E-state index contributed by atoms with van der Waals surface area (Å²) < 4.78 is 0. The molecule has 0 fully saturated rings. The molecule has 0 aromatic rings. The molecule has 0 aliphatic carbocycles. The molecule has 0 radical (unpaired) electrons. The first-order chi connectivity index (χ1) is 12.8. The number of carboxylic acids is 1. The molecule has 6 N–H and O–H groups in total. The summed E-state index contributed by atoms with van der Waals surface area (Å²) >= 11 is 0. The molecule has 0 rings (SSSR count). The topological polar surface area (TPSA) is 151 Å². The Morgan fingerprint density at radius 3 is 1.64 bits per heavy atom. The number of rotatable bonds is 11. The fourth-order valence-corrected chi connectivity index (χ4v) is 2.40. The molecule has 0 aliphatic heterocycles. The van der Waals surface area contributed by atoms with Gasteiger partial charge in [0.05, 0.1) is 6.04 Å². The normalized spacial score (nSPS) is 16.6. The SMILES string of the molecule is CCC(C)C(NC(=O)C(NC(=O)C(N)C(C)C)C(C)C)C(=O)NC(C)C(=O)O. The second kappa shape index (κ2) is 11.6. The number of nitrogens with two attached hydrogens (primary N) is 1. The highest BCUT2D eigenvalue weighted by atomic mass is 16.4. The second-order valence-corrected chi connectivity index (χ2v) is 7.94. The summed E-state index contributed by atoms with van der Waals surface area (Å²) in [5, 5.41) is 16.7. The molecule has 9 heteroatoms. The van der Waals surface area contributed by atoms with Gasteiger partial charge in [0.1, 0.15) is 18.1 Å². The molecule has 28 heavy (non-hydrogen) atoms. The van der Waals surface area contributed by atoms with Crippen LogP contribution in [0.3, 0.4) is 0 Å². The first-order valence-corrected chi connectivity index (χ1v) is 9.72. The van der Waals surface area contributed by atoms with Gasteiger partial charge in [0, 0.05) is 0 Å². The predicted octanol–water partition coefficient (Wildman–Crippen LogP) is 0.231. The molecule has 0 aliphatic rings. The zero-order valence-corrected chi connectivity index (χ0v) is 17.9. The molecule has 0 saturated carbocycles. The average Bonchev–Trinajstić information content (AvgIpc) is 2.61. The third-order valence-corrected chi connectivity index (χ3v) is 4.79. The minimum absolute atomic E-state index is 0.0907. The molecule has 162 valence electrons. The number of amides is 3. The maximum absolute atomic E-state index is 12.8. The Hall–Kier alpha value is -2.16. The average molecular weight is 401 g/mol. The third kappa shape index (κ3) is 7.84. The van der Waals surface area contributed by atoms with Crippen molar-refractivity contribution < 1.29 is 24.3 Å². The van der Waals surface area contributed by atoms with Crippen LogP contribution in [-0.4, -0.2) is 53.0 Å². The lowest BCUT2D eigenvalue weighted by atomic mass is 9.96. The Labute approximate surface area is 167 Å². The molecular formula is C19H36N4O5. The van der Waals surface area contributed by atoms with Gasteiger partial charge in [-0.15, -0.1) is 0 Å². The third-order valence-electron chi connectivity index (χ3n) is 4.79. The van der Waals surface area contributed by atoms with Crippen LogP contribution in [0.25, 0.3) is 0 Å². The molecule has 0 saturated heterocycles. The summed E-state index contributed by atoms with van der Waals surface area (Å²) in [6.07, 6.45) is 0.594. The van der Waals surface area contributed by atoms with Crippen molar-refractivity contribution in [3.8, 4) is 0 Å². The minimum atomic E-state index is -1.17. The van der Waals surface area contributed by atoms with E-state index >= 15 is 0 Å². The molecule has 9 nitrogen and oxygen atoms in total. The van der Waals surface area contributed by atoms with Crippen molar-refractivity contribution in [2.75, 3.05) is 0 Å². The van der Waals surface area contributed by atoms with E-state index in [-0.39, 0.29) is 17.8 Å². The fourth-order valence-electron chi connectivity index (χ4n) is 2.40. The van der Waals surface area contributed by atoms with Gasteiger partial charge < -0.3 is 26.8 Å². The maximum atomic E-state index is 12.8. The summed E-state index contributed by atoms with van der Waals surface area (Å²) in [4.78, 5) is 48.6. The van der Waals surface area contributed by atoms with E-state index < -0.39 is 47.9 Å². The van der Waals surface area contributed by atoms with E-state index in [9.17, 15) is 19.2 Å². The second-order valence-electron chi connectivity index (χ2n) is 7.94. The number of carboxylic acid groups (broad SMARTS) is 1. The van der Waals surface area contributed by atoms with E-state index in [0.29, 0.717) is 6.42 Å². The Kier molecular flexibility index (Phi) is 10.7. The van der Waals surface area contributed by atoms with E-state index in [1.54, 1.807) is 20.8 Å². The maximum Gasteiger partial charge on any atom is 0.325 e. The summed E-state index contributed by atoms with van der Waals surface area (Å²) in [5.74, 6) is -3.25. The quantitative estimate of drug-likeness (QED) is 0.335. The number of carbonyl (C=O) groups is 4. The van der Waals surface area contributed by atoms with Crippen molar-refractivity contribution >= 4 is 23.7 Å². The van der Waals surface area contributed by atoms with Crippen molar-refractivity contribution in [2.45, 2.75) is 79.1 Å². The zero-order chi connectivity index (χ0) is 22.2. The van der Waals surface area contributed by atoms with Crippen molar-refractivity contribution in [3.63, 3.8) is 0 Å². The Bertz CT molecular complexity index is 565. The number of carbonyl (C=O) groups excluding carboxylic acids is 3. The molecule has 0 bridgehead atoms. The Morgan fingerprint density at radius 2 is 1.25 bits per heavy atom. The van der Waals surface area contributed by atoms with Crippen LogP contribution >= 0.6 is 0 Å². The standard InChI is InChI=1S/C19H36N4O5/c1-8-11(6)15(18(26)21-12(7)19(27)28)23-17(25)14(10(4)5)22-16(24)13(20)9(2)3/h9-15H,8,20H2,1-7H3,(H,21,26)(H,22,24)(H,23,25)(H,27,28). The number of aliphatic carboxylic acids is 1.